The monoisotopic (exact) mass is 817 g/mol. The second-order valence-electron chi connectivity index (χ2n) is 17.4. The van der Waals surface area contributed by atoms with Gasteiger partial charge in [0.2, 0.25) is 0 Å². The van der Waals surface area contributed by atoms with Crippen LogP contribution < -0.4 is 10.6 Å². The minimum atomic E-state index is -0.616. The highest BCUT2D eigenvalue weighted by molar-refractivity contribution is 7.99. The van der Waals surface area contributed by atoms with E-state index in [1.807, 2.05) is 78.9 Å². The number of aliphatic hydroxyl groups excluding tert-OH is 1. The largest absolute Gasteiger partial charge is 0.431 e. The van der Waals surface area contributed by atoms with E-state index in [1.165, 1.54) is 19.3 Å². The third-order valence-corrected chi connectivity index (χ3v) is 13.9. The number of ether oxygens (including phenoxy) is 2. The predicted octanol–water partition coefficient (Wildman–Crippen LogP) is 11.3. The average molecular weight is 818 g/mol. The topological polar surface area (TPSA) is 106 Å². The summed E-state index contributed by atoms with van der Waals surface area (Å²) in [5.74, 6) is 3.70. The van der Waals surface area contributed by atoms with Gasteiger partial charge in [-0.1, -0.05) is 133 Å². The van der Waals surface area contributed by atoms with Crippen molar-refractivity contribution in [3.8, 4) is 33.7 Å². The number of rotatable bonds is 12. The van der Waals surface area contributed by atoms with Gasteiger partial charge in [-0.25, -0.2) is 9.78 Å². The zero-order valence-electron chi connectivity index (χ0n) is 33.7. The fourth-order valence-electron chi connectivity index (χ4n) is 10.6. The van der Waals surface area contributed by atoms with Crippen LogP contribution in [0.25, 0.3) is 33.7 Å². The van der Waals surface area contributed by atoms with Gasteiger partial charge in [-0.3, -0.25) is 0 Å². The summed E-state index contributed by atoms with van der Waals surface area (Å²) < 4.78 is 20.0. The lowest BCUT2D eigenvalue weighted by molar-refractivity contribution is -0.245. The molecule has 3 N–H and O–H groups in total. The van der Waals surface area contributed by atoms with E-state index in [2.05, 4.69) is 65.2 Å². The third-order valence-electron chi connectivity index (χ3n) is 13.0. The van der Waals surface area contributed by atoms with Crippen molar-refractivity contribution in [2.75, 3.05) is 5.75 Å². The van der Waals surface area contributed by atoms with Gasteiger partial charge < -0.3 is 29.6 Å². The predicted molar refractivity (Wildman–Crippen MR) is 235 cm³/mol. The molecule has 1 aromatic heterocycles. The highest BCUT2D eigenvalue weighted by atomic mass is 32.2. The van der Waals surface area contributed by atoms with Crippen LogP contribution in [0.5, 0.6) is 0 Å². The zero-order chi connectivity index (χ0) is 40.5. The van der Waals surface area contributed by atoms with Gasteiger partial charge in [0.1, 0.15) is 5.69 Å². The molecule has 11 rings (SSSR count). The van der Waals surface area contributed by atoms with E-state index in [4.69, 9.17) is 18.9 Å². The number of hydrogen-bond acceptors (Lipinski definition) is 7. The molecule has 5 fully saturated rings. The molecule has 60 heavy (non-hydrogen) atoms. The number of nitrogens with one attached hydrogen (secondary N) is 2. The van der Waals surface area contributed by atoms with Crippen molar-refractivity contribution in [2.45, 2.75) is 87.4 Å². The fraction of sp³-hybridized carbons (Fsp3) is 0.333. The molecular weight excluding hydrogens is 767 g/mol. The van der Waals surface area contributed by atoms with Crippen LogP contribution in [0, 0.1) is 17.8 Å². The van der Waals surface area contributed by atoms with Gasteiger partial charge in [-0.15, -0.1) is 0 Å². The van der Waals surface area contributed by atoms with Crippen LogP contribution >= 0.6 is 11.8 Å². The van der Waals surface area contributed by atoms with E-state index in [0.717, 1.165) is 93.0 Å². The SMILES string of the molecule is O=C(NCc1cccc(-c2cccc(C3OC(CSc4nc(-c5ccccc5)c(-c5ccccc5)o4)CC(c4ccc(CO)cc4)O3)c2)c1)NC12CC3CC(CC(C3)C1)C2. The molecule has 306 valence electrons. The number of aliphatic hydroxyl groups is 1. The molecule has 5 aliphatic rings. The van der Waals surface area contributed by atoms with Crippen LogP contribution in [0.3, 0.4) is 0 Å². The Balaban J connectivity index is 0.851. The number of benzene rings is 5. The molecule has 0 spiro atoms. The number of carbonyl (C=O) groups excluding carboxylic acids is 1. The Kier molecular flexibility index (Phi) is 11.1. The summed E-state index contributed by atoms with van der Waals surface area (Å²) in [4.78, 5) is 18.2. The number of thioether (sulfide) groups is 1. The van der Waals surface area contributed by atoms with E-state index < -0.39 is 6.29 Å². The minimum Gasteiger partial charge on any atom is -0.431 e. The maximum Gasteiger partial charge on any atom is 0.315 e. The summed E-state index contributed by atoms with van der Waals surface area (Å²) in [6.07, 6.45) is 7.08. The first-order chi connectivity index (χ1) is 29.4. The van der Waals surface area contributed by atoms with E-state index in [9.17, 15) is 9.90 Å². The zero-order valence-corrected chi connectivity index (χ0v) is 34.5. The van der Waals surface area contributed by atoms with Crippen LogP contribution in [0.4, 0.5) is 4.79 Å². The molecule has 0 radical (unpaired) electrons. The second kappa shape index (κ2) is 17.1. The van der Waals surface area contributed by atoms with E-state index >= 15 is 0 Å². The summed E-state index contributed by atoms with van der Waals surface area (Å²) >= 11 is 1.55. The summed E-state index contributed by atoms with van der Waals surface area (Å²) in [5, 5.41) is 16.9. The van der Waals surface area contributed by atoms with E-state index in [-0.39, 0.29) is 30.4 Å². The molecule has 2 heterocycles. The Hall–Kier alpha value is -5.19. The van der Waals surface area contributed by atoms with Crippen LogP contribution in [0.1, 0.15) is 79.6 Å². The Morgan fingerprint density at radius 2 is 1.33 bits per heavy atom. The molecule has 3 atom stereocenters. The van der Waals surface area contributed by atoms with E-state index in [0.29, 0.717) is 23.9 Å². The summed E-state index contributed by atoms with van der Waals surface area (Å²) in [6, 6.07) is 44.9. The van der Waals surface area contributed by atoms with Crippen molar-refractivity contribution in [3.63, 3.8) is 0 Å². The third kappa shape index (κ3) is 8.54. The van der Waals surface area contributed by atoms with Gasteiger partial charge in [0.05, 0.1) is 18.8 Å². The second-order valence-corrected chi connectivity index (χ2v) is 18.4. The first-order valence-corrected chi connectivity index (χ1v) is 22.4. The van der Waals surface area contributed by atoms with Crippen molar-refractivity contribution in [1.29, 1.82) is 0 Å². The normalized spacial score (nSPS) is 25.6. The number of urea groups is 1. The smallest absolute Gasteiger partial charge is 0.315 e. The number of aromatic nitrogens is 1. The molecule has 6 aromatic rings. The number of hydrogen-bond donors (Lipinski definition) is 3. The molecule has 4 aliphatic carbocycles. The van der Waals surface area contributed by atoms with Crippen molar-refractivity contribution in [3.05, 3.63) is 156 Å². The molecule has 8 nitrogen and oxygen atoms in total. The van der Waals surface area contributed by atoms with Crippen molar-refractivity contribution >= 4 is 17.8 Å². The van der Waals surface area contributed by atoms with Crippen molar-refractivity contribution in [2.24, 2.45) is 17.8 Å². The van der Waals surface area contributed by atoms with Gasteiger partial charge in [0.15, 0.2) is 12.1 Å². The number of oxazole rings is 1. The summed E-state index contributed by atoms with van der Waals surface area (Å²) in [5.41, 5.74) is 8.74. The molecule has 2 amide bonds. The summed E-state index contributed by atoms with van der Waals surface area (Å²) in [6.45, 7) is 0.447. The van der Waals surface area contributed by atoms with Gasteiger partial charge >= 0.3 is 6.03 Å². The lowest BCUT2D eigenvalue weighted by Crippen LogP contribution is -2.61. The first-order valence-electron chi connectivity index (χ1n) is 21.4. The van der Waals surface area contributed by atoms with Crippen molar-refractivity contribution < 1.29 is 23.8 Å². The van der Waals surface area contributed by atoms with Gasteiger partial charge in [-0.05, 0) is 96.2 Å². The molecular formula is C51H51N3O5S. The molecule has 1 aliphatic heterocycles. The standard InChI is InChI=1S/C51H51N3O5S/c55-31-33-17-19-38(20-18-33)45-26-44(32-60-50-53-46(39-10-3-1-4-11-39)47(59-50)40-12-5-2-6-13-40)57-48(58-45)43-16-8-15-42(25-43)41-14-7-9-34(24-41)30-52-49(56)54-51-27-35-21-36(28-51)23-37(22-35)29-51/h1-20,24-25,35-37,44-45,48,55H,21-23,26-32H2,(H2,52,54,56). The fourth-order valence-corrected chi connectivity index (χ4v) is 11.4. The highest BCUT2D eigenvalue weighted by Gasteiger charge is 2.51. The molecule has 4 saturated carbocycles. The van der Waals surface area contributed by atoms with Crippen molar-refractivity contribution in [1.82, 2.24) is 15.6 Å². The van der Waals surface area contributed by atoms with E-state index in [1.54, 1.807) is 11.8 Å². The molecule has 5 aromatic carbocycles. The van der Waals surface area contributed by atoms with Crippen LogP contribution in [-0.2, 0) is 22.6 Å². The molecule has 9 heteroatoms. The number of amides is 2. The lowest BCUT2D eigenvalue weighted by Gasteiger charge is -2.56. The Labute approximate surface area is 356 Å². The van der Waals surface area contributed by atoms with Gasteiger partial charge in [-0.2, -0.15) is 0 Å². The summed E-state index contributed by atoms with van der Waals surface area (Å²) in [7, 11) is 0. The Bertz CT molecular complexity index is 2330. The average Bonchev–Trinajstić information content (AvgIpc) is 3.72. The van der Waals surface area contributed by atoms with Gasteiger partial charge in [0, 0.05) is 40.9 Å². The molecule has 1 saturated heterocycles. The van der Waals surface area contributed by atoms with Crippen LogP contribution in [0.2, 0.25) is 0 Å². The van der Waals surface area contributed by atoms with Gasteiger partial charge in [0.25, 0.3) is 5.22 Å². The quantitative estimate of drug-likeness (QED) is 0.106. The molecule has 4 bridgehead atoms. The maximum atomic E-state index is 13.3. The highest BCUT2D eigenvalue weighted by Crippen LogP contribution is 2.55. The Morgan fingerprint density at radius 1 is 0.683 bits per heavy atom. The lowest BCUT2D eigenvalue weighted by atomic mass is 9.53. The van der Waals surface area contributed by atoms with Crippen LogP contribution in [-0.4, -0.2) is 33.5 Å². The van der Waals surface area contributed by atoms with Crippen LogP contribution in [0.15, 0.2) is 143 Å². The number of nitrogens with zero attached hydrogens (tertiary/aromatic N) is 1. The molecule has 3 unspecified atom stereocenters. The number of carbonyl (C=O) groups is 1. The first kappa shape index (κ1) is 39.0. The maximum absolute atomic E-state index is 13.3. The Morgan fingerprint density at radius 3 is 2.03 bits per heavy atom. The minimum absolute atomic E-state index is 0.0119.